The van der Waals surface area contributed by atoms with E-state index in [2.05, 4.69) is 9.88 Å². The number of halogens is 2. The van der Waals surface area contributed by atoms with Gasteiger partial charge in [0.25, 0.3) is 0 Å². The zero-order chi connectivity index (χ0) is 27.6. The third kappa shape index (κ3) is 6.23. The van der Waals surface area contributed by atoms with E-state index in [0.29, 0.717) is 46.6 Å². The number of fused-ring (bicyclic) bond motifs is 1. The topological polar surface area (TPSA) is 103 Å². The van der Waals surface area contributed by atoms with Crippen molar-refractivity contribution in [3.8, 4) is 5.88 Å². The van der Waals surface area contributed by atoms with Gasteiger partial charge in [0.15, 0.2) is 11.3 Å². The normalized spacial score (nSPS) is 18.1. The molecule has 11 heteroatoms. The van der Waals surface area contributed by atoms with Gasteiger partial charge in [-0.1, -0.05) is 35.3 Å². The molecule has 1 N–H and O–H groups in total. The summed E-state index contributed by atoms with van der Waals surface area (Å²) in [5.74, 6) is 0.352. The minimum atomic E-state index is -1.05. The summed E-state index contributed by atoms with van der Waals surface area (Å²) in [5.41, 5.74) is 3.24. The van der Waals surface area contributed by atoms with Crippen molar-refractivity contribution in [1.82, 2.24) is 24.4 Å². The fourth-order valence-electron chi connectivity index (χ4n) is 5.16. The Hall–Kier alpha value is -3.24. The van der Waals surface area contributed by atoms with Crippen LogP contribution in [0.1, 0.15) is 46.8 Å². The molecule has 4 aromatic rings. The Kier molecular flexibility index (Phi) is 7.89. The fraction of sp³-hybridized carbons (Fsp3) is 0.379. The highest BCUT2D eigenvalue weighted by Gasteiger charge is 2.26. The molecule has 2 saturated heterocycles. The van der Waals surface area contributed by atoms with Crippen LogP contribution in [0, 0.1) is 0 Å². The second-order valence-corrected chi connectivity index (χ2v) is 11.1. The zero-order valence-corrected chi connectivity index (χ0v) is 23.3. The van der Waals surface area contributed by atoms with Crippen LogP contribution in [-0.4, -0.2) is 67.4 Å². The number of piperidine rings is 1. The molecule has 0 bridgehead atoms. The van der Waals surface area contributed by atoms with Crippen LogP contribution >= 0.6 is 23.2 Å². The van der Waals surface area contributed by atoms with Crippen LogP contribution in [0.5, 0.6) is 5.88 Å². The molecule has 0 aliphatic carbocycles. The molecule has 1 aromatic carbocycles. The first-order valence-electron chi connectivity index (χ1n) is 13.4. The maximum atomic E-state index is 11.5. The highest BCUT2D eigenvalue weighted by Crippen LogP contribution is 2.25. The van der Waals surface area contributed by atoms with Crippen LogP contribution in [0.3, 0.4) is 0 Å². The first-order valence-corrected chi connectivity index (χ1v) is 14.2. The molecular formula is C29H29Cl2N5O4. The predicted octanol–water partition coefficient (Wildman–Crippen LogP) is 5.25. The molecule has 2 aliphatic rings. The van der Waals surface area contributed by atoms with E-state index in [-0.39, 0.29) is 17.9 Å². The van der Waals surface area contributed by atoms with Crippen molar-refractivity contribution in [1.29, 1.82) is 0 Å². The highest BCUT2D eigenvalue weighted by molar-refractivity contribution is 6.31. The third-order valence-corrected chi connectivity index (χ3v) is 7.85. The van der Waals surface area contributed by atoms with Crippen molar-refractivity contribution in [3.05, 3.63) is 81.4 Å². The third-order valence-electron chi connectivity index (χ3n) is 7.38. The molecule has 1 unspecified atom stereocenters. The summed E-state index contributed by atoms with van der Waals surface area (Å²) < 4.78 is 13.9. The Balaban J connectivity index is 1.10. The second kappa shape index (κ2) is 11.7. The van der Waals surface area contributed by atoms with Gasteiger partial charge >= 0.3 is 5.97 Å². The van der Waals surface area contributed by atoms with Gasteiger partial charge in [0.05, 0.1) is 24.9 Å². The number of carbonyl (C=O) groups is 1. The number of imidazole rings is 1. The first-order chi connectivity index (χ1) is 19.4. The van der Waals surface area contributed by atoms with Crippen molar-refractivity contribution in [2.24, 2.45) is 0 Å². The zero-order valence-electron chi connectivity index (χ0n) is 21.8. The van der Waals surface area contributed by atoms with Crippen LogP contribution in [0.2, 0.25) is 10.0 Å². The van der Waals surface area contributed by atoms with Crippen LogP contribution in [-0.2, 0) is 24.2 Å². The molecular weight excluding hydrogens is 553 g/mol. The lowest BCUT2D eigenvalue weighted by Gasteiger charge is -2.32. The molecule has 0 amide bonds. The number of hydrogen-bond donors (Lipinski definition) is 1. The lowest BCUT2D eigenvalue weighted by Crippen LogP contribution is -2.39. The molecule has 0 spiro atoms. The van der Waals surface area contributed by atoms with Gasteiger partial charge in [0, 0.05) is 42.2 Å². The molecule has 1 atom stereocenters. The van der Waals surface area contributed by atoms with E-state index in [4.69, 9.17) is 42.6 Å². The quantitative estimate of drug-likeness (QED) is 0.286. The maximum Gasteiger partial charge on any atom is 0.354 e. The smallest absolute Gasteiger partial charge is 0.354 e. The number of rotatable bonds is 9. The van der Waals surface area contributed by atoms with Gasteiger partial charge < -0.3 is 19.1 Å². The monoisotopic (exact) mass is 581 g/mol. The summed E-state index contributed by atoms with van der Waals surface area (Å²) >= 11 is 12.4. The Morgan fingerprint density at radius 1 is 1.00 bits per heavy atom. The lowest BCUT2D eigenvalue weighted by atomic mass is 10.1. The molecule has 9 nitrogen and oxygen atoms in total. The number of benzene rings is 1. The van der Waals surface area contributed by atoms with E-state index in [0.717, 1.165) is 56.0 Å². The number of hydrogen-bond acceptors (Lipinski definition) is 7. The molecule has 2 aliphatic heterocycles. The van der Waals surface area contributed by atoms with Crippen molar-refractivity contribution in [2.45, 2.75) is 51.0 Å². The van der Waals surface area contributed by atoms with Gasteiger partial charge in [0.1, 0.15) is 17.4 Å². The van der Waals surface area contributed by atoms with Crippen molar-refractivity contribution >= 4 is 40.3 Å². The Labute approximate surface area is 241 Å². The number of aromatic carboxylic acids is 1. The minimum Gasteiger partial charge on any atom is -0.477 e. The molecule has 6 rings (SSSR count). The number of carboxylic acid groups (broad SMARTS) is 1. The Morgan fingerprint density at radius 2 is 1.77 bits per heavy atom. The summed E-state index contributed by atoms with van der Waals surface area (Å²) in [6.45, 7) is 3.66. The standard InChI is InChI=1S/C29H29Cl2N5O4/c30-19-3-1-18(2-4-19)13-21-14-20(31)15-27(32-21)40-22-7-10-35(11-8-22)17-26-33-24-5-6-25(29(37)38)34-28(24)36(26)16-23-9-12-39-23/h1-6,14-15,22-23H,7-13,16-17H2,(H,37,38). The van der Waals surface area contributed by atoms with E-state index in [1.807, 2.05) is 34.9 Å². The predicted molar refractivity (Wildman–Crippen MR) is 151 cm³/mol. The van der Waals surface area contributed by atoms with Crippen LogP contribution in [0.15, 0.2) is 48.5 Å². The van der Waals surface area contributed by atoms with Gasteiger partial charge in [-0.05, 0) is 55.2 Å². The Bertz CT molecular complexity index is 1520. The number of nitrogens with zero attached hydrogens (tertiary/aromatic N) is 5. The van der Waals surface area contributed by atoms with E-state index >= 15 is 0 Å². The van der Waals surface area contributed by atoms with Crippen molar-refractivity contribution in [3.63, 3.8) is 0 Å². The molecule has 208 valence electrons. The number of ether oxygens (including phenoxy) is 2. The molecule has 40 heavy (non-hydrogen) atoms. The van der Waals surface area contributed by atoms with E-state index < -0.39 is 5.97 Å². The SMILES string of the molecule is O=C(O)c1ccc2nc(CN3CCC(Oc4cc(Cl)cc(Cc5ccc(Cl)cc5)n4)CC3)n(CC3CCO3)c2n1. The van der Waals surface area contributed by atoms with E-state index in [9.17, 15) is 9.90 Å². The molecule has 2 fully saturated rings. The summed E-state index contributed by atoms with van der Waals surface area (Å²) in [6, 6.07) is 14.6. The van der Waals surface area contributed by atoms with Gasteiger partial charge in [-0.15, -0.1) is 0 Å². The van der Waals surface area contributed by atoms with Crippen molar-refractivity contribution in [2.75, 3.05) is 19.7 Å². The van der Waals surface area contributed by atoms with Crippen LogP contribution in [0.25, 0.3) is 11.2 Å². The van der Waals surface area contributed by atoms with Gasteiger partial charge in [-0.2, -0.15) is 0 Å². The average Bonchev–Trinajstić information content (AvgIpc) is 3.24. The summed E-state index contributed by atoms with van der Waals surface area (Å²) in [7, 11) is 0. The average molecular weight is 582 g/mol. The second-order valence-electron chi connectivity index (χ2n) is 10.3. The largest absolute Gasteiger partial charge is 0.477 e. The minimum absolute atomic E-state index is 0.0126. The van der Waals surface area contributed by atoms with Crippen LogP contribution < -0.4 is 4.74 Å². The Morgan fingerprint density at radius 3 is 2.48 bits per heavy atom. The fourth-order valence-corrected chi connectivity index (χ4v) is 5.50. The van der Waals surface area contributed by atoms with Gasteiger partial charge in [-0.3, -0.25) is 4.90 Å². The van der Waals surface area contributed by atoms with E-state index in [1.54, 1.807) is 12.1 Å². The first kappa shape index (κ1) is 27.0. The van der Waals surface area contributed by atoms with Crippen LogP contribution in [0.4, 0.5) is 0 Å². The van der Waals surface area contributed by atoms with E-state index in [1.165, 1.54) is 6.07 Å². The van der Waals surface area contributed by atoms with Gasteiger partial charge in [0.2, 0.25) is 5.88 Å². The molecule has 3 aromatic heterocycles. The maximum absolute atomic E-state index is 11.5. The number of pyridine rings is 2. The van der Waals surface area contributed by atoms with Gasteiger partial charge in [-0.25, -0.2) is 19.7 Å². The summed E-state index contributed by atoms with van der Waals surface area (Å²) in [5, 5.41) is 10.7. The summed E-state index contributed by atoms with van der Waals surface area (Å²) in [6.07, 6.45) is 3.43. The number of aromatic nitrogens is 4. The van der Waals surface area contributed by atoms with Crippen molar-refractivity contribution < 1.29 is 19.4 Å². The molecule has 5 heterocycles. The summed E-state index contributed by atoms with van der Waals surface area (Å²) in [4.78, 5) is 27.7. The number of carboxylic acids is 1. The highest BCUT2D eigenvalue weighted by atomic mass is 35.5. The molecule has 0 saturated carbocycles. The molecule has 0 radical (unpaired) electrons. The lowest BCUT2D eigenvalue weighted by molar-refractivity contribution is -0.0593. The number of likely N-dealkylation sites (tertiary alicyclic amines) is 1.